The van der Waals surface area contributed by atoms with Gasteiger partial charge in [-0.2, -0.15) is 0 Å². The molecular formula is C19H23N. The molecule has 2 aromatic rings. The maximum absolute atomic E-state index is 2.49. The Bertz CT molecular complexity index is 744. The standard InChI is InChI=1S/C19H23N/c1-18(2)7-5-8-19(3)15-10-13-6-9-20(4)16(13)11-14(15)12-17(18)19/h6,9-12H,5,7-8H2,1-4H3. The molecule has 0 spiro atoms. The van der Waals surface area contributed by atoms with E-state index in [2.05, 4.69) is 62.9 Å². The lowest BCUT2D eigenvalue weighted by molar-refractivity contribution is 0.266. The van der Waals surface area contributed by atoms with Crippen LogP contribution in [0.2, 0.25) is 0 Å². The fraction of sp³-hybridized carbons (Fsp3) is 0.474. The normalized spacial score (nSPS) is 27.3. The molecule has 104 valence electrons. The number of benzene rings is 1. The molecule has 1 fully saturated rings. The molecule has 0 amide bonds. The molecule has 1 aromatic carbocycles. The van der Waals surface area contributed by atoms with Crippen molar-refractivity contribution in [1.29, 1.82) is 0 Å². The third-order valence-electron chi connectivity index (χ3n) is 5.75. The van der Waals surface area contributed by atoms with Crippen LogP contribution in [0.5, 0.6) is 0 Å². The van der Waals surface area contributed by atoms with Crippen molar-refractivity contribution in [2.75, 3.05) is 0 Å². The molecule has 1 saturated carbocycles. The van der Waals surface area contributed by atoms with Crippen LogP contribution in [-0.2, 0) is 12.5 Å². The third-order valence-corrected chi connectivity index (χ3v) is 5.75. The molecule has 0 N–H and O–H groups in total. The second kappa shape index (κ2) is 3.58. The molecule has 1 atom stereocenters. The Kier molecular flexibility index (Phi) is 2.19. The van der Waals surface area contributed by atoms with Gasteiger partial charge in [-0.15, -0.1) is 0 Å². The summed E-state index contributed by atoms with van der Waals surface area (Å²) in [5, 5.41) is 1.38. The van der Waals surface area contributed by atoms with Crippen LogP contribution in [0.15, 0.2) is 30.0 Å². The molecular weight excluding hydrogens is 242 g/mol. The summed E-state index contributed by atoms with van der Waals surface area (Å²) in [4.78, 5) is 0. The van der Waals surface area contributed by atoms with Gasteiger partial charge >= 0.3 is 0 Å². The molecule has 0 radical (unpaired) electrons. The van der Waals surface area contributed by atoms with Crippen molar-refractivity contribution in [1.82, 2.24) is 4.57 Å². The minimum atomic E-state index is 0.265. The summed E-state index contributed by atoms with van der Waals surface area (Å²) in [6, 6.07) is 7.07. The molecule has 4 rings (SSSR count). The van der Waals surface area contributed by atoms with E-state index in [1.165, 1.54) is 35.7 Å². The lowest BCUT2D eigenvalue weighted by atomic mass is 9.60. The third kappa shape index (κ3) is 1.38. The second-order valence-electron chi connectivity index (χ2n) is 7.55. The number of rotatable bonds is 0. The Morgan fingerprint density at radius 3 is 2.70 bits per heavy atom. The maximum Gasteiger partial charge on any atom is 0.0483 e. The van der Waals surface area contributed by atoms with E-state index in [9.17, 15) is 0 Å². The van der Waals surface area contributed by atoms with Gasteiger partial charge in [0.25, 0.3) is 0 Å². The van der Waals surface area contributed by atoms with E-state index in [1.807, 2.05) is 0 Å². The first-order valence-electron chi connectivity index (χ1n) is 7.74. The van der Waals surface area contributed by atoms with E-state index in [0.29, 0.717) is 5.41 Å². The molecule has 2 aliphatic carbocycles. The summed E-state index contributed by atoms with van der Waals surface area (Å²) in [7, 11) is 2.13. The SMILES string of the molecule is Cn1ccc2cc3c(cc21)C=C1C(C)(C)CCCC13C. The largest absolute Gasteiger partial charge is 0.351 e. The van der Waals surface area contributed by atoms with Gasteiger partial charge in [-0.05, 0) is 53.0 Å². The lowest BCUT2D eigenvalue weighted by Crippen LogP contribution is -2.35. The first-order valence-corrected chi connectivity index (χ1v) is 7.74. The van der Waals surface area contributed by atoms with Gasteiger partial charge in [0.15, 0.2) is 0 Å². The van der Waals surface area contributed by atoms with E-state index < -0.39 is 0 Å². The van der Waals surface area contributed by atoms with E-state index >= 15 is 0 Å². The molecule has 20 heavy (non-hydrogen) atoms. The van der Waals surface area contributed by atoms with Crippen LogP contribution in [0.3, 0.4) is 0 Å². The number of aromatic nitrogens is 1. The van der Waals surface area contributed by atoms with Gasteiger partial charge in [0, 0.05) is 24.2 Å². The van der Waals surface area contributed by atoms with Crippen LogP contribution >= 0.6 is 0 Å². The molecule has 0 aliphatic heterocycles. The van der Waals surface area contributed by atoms with Crippen LogP contribution in [-0.4, -0.2) is 4.57 Å². The van der Waals surface area contributed by atoms with Crippen molar-refractivity contribution in [2.24, 2.45) is 12.5 Å². The summed E-state index contributed by atoms with van der Waals surface area (Å²) >= 11 is 0. The Labute approximate surface area is 121 Å². The van der Waals surface area contributed by atoms with Gasteiger partial charge in [0.05, 0.1) is 0 Å². The Balaban J connectivity index is 2.00. The Hall–Kier alpha value is -1.50. The maximum atomic E-state index is 2.49. The van der Waals surface area contributed by atoms with Crippen LogP contribution in [0.1, 0.15) is 51.2 Å². The fourth-order valence-electron chi connectivity index (χ4n) is 4.62. The number of hydrogen-bond acceptors (Lipinski definition) is 0. The molecule has 1 nitrogen and oxygen atoms in total. The smallest absolute Gasteiger partial charge is 0.0483 e. The first-order chi connectivity index (χ1) is 9.42. The Morgan fingerprint density at radius 2 is 1.90 bits per heavy atom. The van der Waals surface area contributed by atoms with Crippen molar-refractivity contribution >= 4 is 17.0 Å². The van der Waals surface area contributed by atoms with Crippen molar-refractivity contribution in [3.05, 3.63) is 41.1 Å². The van der Waals surface area contributed by atoms with E-state index in [-0.39, 0.29) is 5.41 Å². The molecule has 1 aromatic heterocycles. The highest BCUT2D eigenvalue weighted by Gasteiger charge is 2.46. The topological polar surface area (TPSA) is 4.93 Å². The fourth-order valence-corrected chi connectivity index (χ4v) is 4.62. The average Bonchev–Trinajstić information content (AvgIpc) is 2.88. The van der Waals surface area contributed by atoms with Crippen molar-refractivity contribution in [3.8, 4) is 0 Å². The van der Waals surface area contributed by atoms with Crippen molar-refractivity contribution in [3.63, 3.8) is 0 Å². The minimum Gasteiger partial charge on any atom is -0.351 e. The molecule has 2 aliphatic rings. The number of fused-ring (bicyclic) bond motifs is 4. The highest BCUT2D eigenvalue weighted by molar-refractivity contribution is 5.87. The molecule has 1 heteroatoms. The number of aryl methyl sites for hydroxylation is 1. The van der Waals surface area contributed by atoms with Gasteiger partial charge < -0.3 is 4.57 Å². The second-order valence-corrected chi connectivity index (χ2v) is 7.55. The van der Waals surface area contributed by atoms with E-state index in [0.717, 1.165) is 0 Å². The van der Waals surface area contributed by atoms with E-state index in [4.69, 9.17) is 0 Å². The number of allylic oxidation sites excluding steroid dienone is 1. The minimum absolute atomic E-state index is 0.265. The first kappa shape index (κ1) is 12.3. The van der Waals surface area contributed by atoms with Gasteiger partial charge in [-0.3, -0.25) is 0 Å². The molecule has 0 bridgehead atoms. The number of nitrogens with zero attached hydrogens (tertiary/aromatic N) is 1. The van der Waals surface area contributed by atoms with Crippen molar-refractivity contribution < 1.29 is 0 Å². The highest BCUT2D eigenvalue weighted by Crippen LogP contribution is 2.57. The lowest BCUT2D eigenvalue weighted by Gasteiger charge is -2.44. The van der Waals surface area contributed by atoms with Gasteiger partial charge in [-0.25, -0.2) is 0 Å². The molecule has 0 saturated heterocycles. The quantitative estimate of drug-likeness (QED) is 0.628. The summed E-state index contributed by atoms with van der Waals surface area (Å²) in [6.45, 7) is 7.30. The van der Waals surface area contributed by atoms with E-state index in [1.54, 1.807) is 11.1 Å². The zero-order valence-electron chi connectivity index (χ0n) is 13.0. The zero-order valence-corrected chi connectivity index (χ0v) is 13.0. The summed E-state index contributed by atoms with van der Waals surface area (Å²) in [5.74, 6) is 0. The predicted molar refractivity (Wildman–Crippen MR) is 85.9 cm³/mol. The van der Waals surface area contributed by atoms with Crippen molar-refractivity contribution in [2.45, 2.75) is 45.4 Å². The number of hydrogen-bond donors (Lipinski definition) is 0. The van der Waals surface area contributed by atoms with Gasteiger partial charge in [0.2, 0.25) is 0 Å². The van der Waals surface area contributed by atoms with Crippen LogP contribution in [0.25, 0.3) is 17.0 Å². The van der Waals surface area contributed by atoms with Gasteiger partial charge in [0.1, 0.15) is 0 Å². The monoisotopic (exact) mass is 265 g/mol. The predicted octanol–water partition coefficient (Wildman–Crippen LogP) is 5.04. The summed E-state index contributed by atoms with van der Waals surface area (Å²) < 4.78 is 2.23. The van der Waals surface area contributed by atoms with Crippen LogP contribution in [0.4, 0.5) is 0 Å². The molecule has 1 heterocycles. The zero-order chi connectivity index (χ0) is 14.1. The summed E-state index contributed by atoms with van der Waals surface area (Å²) in [6.07, 6.45) is 8.61. The average molecular weight is 265 g/mol. The van der Waals surface area contributed by atoms with Crippen LogP contribution < -0.4 is 0 Å². The summed E-state index contributed by atoms with van der Waals surface area (Å²) in [5.41, 5.74) is 6.62. The molecule has 1 unspecified atom stereocenters. The highest BCUT2D eigenvalue weighted by atomic mass is 14.9. The van der Waals surface area contributed by atoms with Crippen LogP contribution in [0, 0.1) is 5.41 Å². The van der Waals surface area contributed by atoms with Gasteiger partial charge in [-0.1, -0.05) is 38.8 Å². The Morgan fingerprint density at radius 1 is 1.10 bits per heavy atom.